The van der Waals surface area contributed by atoms with Crippen LogP contribution in [0.2, 0.25) is 0 Å². The minimum Gasteiger partial charge on any atom is -0.454 e. The van der Waals surface area contributed by atoms with Crippen molar-refractivity contribution in [1.29, 1.82) is 0 Å². The lowest BCUT2D eigenvalue weighted by Gasteiger charge is -2.49. The van der Waals surface area contributed by atoms with E-state index in [9.17, 15) is 39.6 Å². The molecule has 2 aliphatic heterocycles. The van der Waals surface area contributed by atoms with Crippen LogP contribution < -0.4 is 0 Å². The molecule has 0 aromatic rings. The van der Waals surface area contributed by atoms with E-state index in [-0.39, 0.29) is 19.3 Å². The van der Waals surface area contributed by atoms with Crippen LogP contribution in [0.4, 0.5) is 26.3 Å². The molecule has 4 aliphatic rings. The van der Waals surface area contributed by atoms with Crippen LogP contribution in [-0.4, -0.2) is 67.1 Å². The molecule has 4 bridgehead atoms. The molecule has 168 valence electrons. The third kappa shape index (κ3) is 4.21. The Morgan fingerprint density at radius 3 is 1.83 bits per heavy atom. The molecule has 0 amide bonds. The molecule has 0 aromatic carbocycles. The fourth-order valence-electron chi connectivity index (χ4n) is 4.18. The van der Waals surface area contributed by atoms with Crippen molar-refractivity contribution in [3.63, 3.8) is 0 Å². The van der Waals surface area contributed by atoms with E-state index in [0.717, 1.165) is 0 Å². The van der Waals surface area contributed by atoms with Gasteiger partial charge in [-0.05, 0) is 25.2 Å². The van der Waals surface area contributed by atoms with E-state index in [0.29, 0.717) is 0 Å². The summed E-state index contributed by atoms with van der Waals surface area (Å²) in [4.78, 5) is 11.8. The molecule has 14 heteroatoms. The van der Waals surface area contributed by atoms with Crippen molar-refractivity contribution in [2.45, 2.75) is 67.0 Å². The Kier molecular flexibility index (Phi) is 5.41. The van der Waals surface area contributed by atoms with Crippen molar-refractivity contribution in [2.24, 2.45) is 5.92 Å². The topological polar surface area (TPSA) is 99.1 Å². The maximum Gasteiger partial charge on any atom is 0.465 e. The van der Waals surface area contributed by atoms with Gasteiger partial charge in [-0.25, -0.2) is 4.79 Å². The van der Waals surface area contributed by atoms with Gasteiger partial charge in [0.25, 0.3) is 0 Å². The lowest BCUT2D eigenvalue weighted by molar-refractivity contribution is -0.257. The van der Waals surface area contributed by atoms with Gasteiger partial charge in [-0.15, -0.1) is 0 Å². The van der Waals surface area contributed by atoms with E-state index in [4.69, 9.17) is 18.8 Å². The first kappa shape index (κ1) is 22.6. The van der Waals surface area contributed by atoms with Gasteiger partial charge in [0.15, 0.2) is 0 Å². The molecular formula is C15H18F6O7S. The quantitative estimate of drug-likeness (QED) is 0.396. The number of fused-ring (bicyclic) bond motifs is 5. The third-order valence-corrected chi connectivity index (χ3v) is 6.27. The van der Waals surface area contributed by atoms with E-state index in [1.807, 2.05) is 0 Å². The van der Waals surface area contributed by atoms with Gasteiger partial charge in [-0.1, -0.05) is 0 Å². The van der Waals surface area contributed by atoms with Gasteiger partial charge in [0.2, 0.25) is 0 Å². The maximum absolute atomic E-state index is 13.8. The van der Waals surface area contributed by atoms with Crippen molar-refractivity contribution >= 4 is 16.1 Å². The number of carbonyl (C=O) groups is 1. The number of hydrogen-bond donors (Lipinski definition) is 1. The van der Waals surface area contributed by atoms with Gasteiger partial charge >= 0.3 is 33.2 Å². The van der Waals surface area contributed by atoms with E-state index >= 15 is 0 Å². The van der Waals surface area contributed by atoms with Crippen molar-refractivity contribution in [3.8, 4) is 0 Å². The zero-order valence-corrected chi connectivity index (χ0v) is 15.6. The average molecular weight is 456 g/mol. The fraction of sp³-hybridized carbons (Fsp3) is 0.933. The maximum atomic E-state index is 13.8. The molecule has 7 nitrogen and oxygen atoms in total. The van der Waals surface area contributed by atoms with Crippen LogP contribution in [0.1, 0.15) is 32.1 Å². The second kappa shape index (κ2) is 6.95. The van der Waals surface area contributed by atoms with E-state index < -0.39 is 83.0 Å². The summed E-state index contributed by atoms with van der Waals surface area (Å²) in [6.45, 7) is -3.31. The van der Waals surface area contributed by atoms with Crippen molar-refractivity contribution in [3.05, 3.63) is 0 Å². The SMILES string of the molecule is O=C(OC12CC3CC(C1)OCC(F)(F)C(F)(F)COC(C3)C2)C(F)(F)S(=O)(=O)O. The van der Waals surface area contributed by atoms with Crippen LogP contribution in [0.5, 0.6) is 0 Å². The molecule has 0 radical (unpaired) electrons. The van der Waals surface area contributed by atoms with E-state index in [1.165, 1.54) is 0 Å². The normalized spacial score (nSPS) is 37.0. The van der Waals surface area contributed by atoms with Crippen molar-refractivity contribution in [1.82, 2.24) is 0 Å². The molecule has 1 N–H and O–H groups in total. The molecule has 2 aliphatic carbocycles. The summed E-state index contributed by atoms with van der Waals surface area (Å²) in [6, 6.07) is 0. The summed E-state index contributed by atoms with van der Waals surface area (Å²) in [6.07, 6.45) is -2.79. The monoisotopic (exact) mass is 456 g/mol. The molecule has 0 aromatic heterocycles. The molecule has 0 spiro atoms. The minimum atomic E-state index is -6.12. The summed E-state index contributed by atoms with van der Waals surface area (Å²) in [7, 11) is -6.12. The number of ether oxygens (including phenoxy) is 3. The zero-order valence-electron chi connectivity index (χ0n) is 14.8. The van der Waals surface area contributed by atoms with Gasteiger partial charge in [-0.3, -0.25) is 4.55 Å². The minimum absolute atomic E-state index is 0.0349. The largest absolute Gasteiger partial charge is 0.465 e. The lowest BCUT2D eigenvalue weighted by atomic mass is 9.67. The van der Waals surface area contributed by atoms with Crippen LogP contribution in [0.15, 0.2) is 0 Å². The first-order valence-corrected chi connectivity index (χ1v) is 10.1. The number of carbonyl (C=O) groups excluding carboxylic acids is 1. The number of hydrogen-bond acceptors (Lipinski definition) is 6. The van der Waals surface area contributed by atoms with Gasteiger partial charge < -0.3 is 14.2 Å². The number of esters is 1. The number of rotatable bonds is 3. The summed E-state index contributed by atoms with van der Waals surface area (Å²) >= 11 is 0. The second-order valence-corrected chi connectivity index (χ2v) is 9.25. The van der Waals surface area contributed by atoms with Crippen LogP contribution in [-0.2, 0) is 29.1 Å². The highest BCUT2D eigenvalue weighted by Crippen LogP contribution is 2.49. The molecule has 2 atom stereocenters. The van der Waals surface area contributed by atoms with Crippen LogP contribution >= 0.6 is 0 Å². The smallest absolute Gasteiger partial charge is 0.454 e. The highest BCUT2D eigenvalue weighted by Gasteiger charge is 2.61. The molecule has 2 saturated carbocycles. The van der Waals surface area contributed by atoms with Crippen LogP contribution in [0.3, 0.4) is 0 Å². The predicted octanol–water partition coefficient (Wildman–Crippen LogP) is 2.40. The van der Waals surface area contributed by atoms with Gasteiger partial charge in [0.1, 0.15) is 18.8 Å². The van der Waals surface area contributed by atoms with E-state index in [2.05, 4.69) is 0 Å². The summed E-state index contributed by atoms with van der Waals surface area (Å²) in [5, 5.41) is -5.26. The Balaban J connectivity index is 1.89. The zero-order chi connectivity index (χ0) is 21.9. The Labute approximate surface area is 161 Å². The number of halogens is 6. The Bertz CT molecular complexity index is 741. The highest BCUT2D eigenvalue weighted by atomic mass is 32.2. The molecule has 29 heavy (non-hydrogen) atoms. The Morgan fingerprint density at radius 1 is 0.966 bits per heavy atom. The lowest BCUT2D eigenvalue weighted by Crippen LogP contribution is -2.54. The molecular weight excluding hydrogens is 438 g/mol. The van der Waals surface area contributed by atoms with Crippen LogP contribution in [0, 0.1) is 5.92 Å². The summed E-state index contributed by atoms with van der Waals surface area (Å²) in [5.74, 6) is -12.1. The van der Waals surface area contributed by atoms with Crippen molar-refractivity contribution < 1.29 is 58.3 Å². The highest BCUT2D eigenvalue weighted by molar-refractivity contribution is 7.87. The standard InChI is InChI=1S/C15H18F6O7S/c16-13(17)6-26-9-1-8-2-10(27-7-14(13,18)19)5-12(3-8,4-9)28-11(22)15(20,21)29(23,24)25/h8-10H,1-7H2,(H,23,24,25). The second-order valence-electron chi connectivity index (χ2n) is 7.79. The molecule has 2 unspecified atom stereocenters. The Morgan fingerprint density at radius 2 is 1.41 bits per heavy atom. The predicted molar refractivity (Wildman–Crippen MR) is 81.3 cm³/mol. The fourth-order valence-corrected chi connectivity index (χ4v) is 4.43. The van der Waals surface area contributed by atoms with Crippen molar-refractivity contribution in [2.75, 3.05) is 13.2 Å². The van der Waals surface area contributed by atoms with Gasteiger partial charge in [-0.2, -0.15) is 34.8 Å². The van der Waals surface area contributed by atoms with Gasteiger partial charge in [0.05, 0.1) is 12.2 Å². The first-order valence-electron chi connectivity index (χ1n) is 8.64. The molecule has 2 saturated heterocycles. The van der Waals surface area contributed by atoms with Gasteiger partial charge in [0, 0.05) is 12.8 Å². The molecule has 4 rings (SSSR count). The first-order chi connectivity index (χ1) is 13.1. The molecule has 2 heterocycles. The Hall–Kier alpha value is -1.12. The summed E-state index contributed by atoms with van der Waals surface area (Å²) in [5.41, 5.74) is -1.80. The molecule has 4 fully saturated rings. The third-order valence-electron chi connectivity index (χ3n) is 5.46. The van der Waals surface area contributed by atoms with Crippen LogP contribution in [0.25, 0.3) is 0 Å². The summed E-state index contributed by atoms with van der Waals surface area (Å²) < 4.78 is 127. The number of alkyl halides is 6. The van der Waals surface area contributed by atoms with E-state index in [1.54, 1.807) is 0 Å². The average Bonchev–Trinajstić information content (AvgIpc) is 2.57.